The zero-order chi connectivity index (χ0) is 16.2. The summed E-state index contributed by atoms with van der Waals surface area (Å²) in [5.74, 6) is -0.453. The van der Waals surface area contributed by atoms with Gasteiger partial charge in [0.05, 0.1) is 11.2 Å². The second-order valence-electron chi connectivity index (χ2n) is 5.14. The Balaban J connectivity index is 2.01. The molecule has 0 bridgehead atoms. The Morgan fingerprint density at radius 3 is 2.91 bits per heavy atom. The normalized spacial score (nSPS) is 11.1. The molecule has 0 aliphatic rings. The molecule has 3 rings (SSSR count). The summed E-state index contributed by atoms with van der Waals surface area (Å²) in [5.41, 5.74) is 14.8. The maximum absolute atomic E-state index is 11.4. The molecule has 0 aliphatic carbocycles. The van der Waals surface area contributed by atoms with E-state index in [-0.39, 0.29) is 0 Å². The smallest absolute Gasteiger partial charge is 0.248 e. The van der Waals surface area contributed by atoms with E-state index in [9.17, 15) is 4.79 Å². The number of carbonyl (C=O) groups is 1. The van der Waals surface area contributed by atoms with Crippen LogP contribution in [0.4, 0.5) is 0 Å². The Morgan fingerprint density at radius 2 is 2.13 bits per heavy atom. The summed E-state index contributed by atoms with van der Waals surface area (Å²) < 4.78 is 0. The van der Waals surface area contributed by atoms with Gasteiger partial charge in [-0.2, -0.15) is 5.10 Å². The van der Waals surface area contributed by atoms with Crippen molar-refractivity contribution >= 4 is 16.8 Å². The van der Waals surface area contributed by atoms with E-state index in [0.29, 0.717) is 12.1 Å². The van der Waals surface area contributed by atoms with Gasteiger partial charge in [-0.05, 0) is 29.8 Å². The fourth-order valence-electron chi connectivity index (χ4n) is 2.46. The lowest BCUT2D eigenvalue weighted by Crippen LogP contribution is -2.10. The van der Waals surface area contributed by atoms with Crippen molar-refractivity contribution in [1.82, 2.24) is 15.5 Å². The Labute approximate surface area is 133 Å². The summed E-state index contributed by atoms with van der Waals surface area (Å²) >= 11 is 0. The number of aromatic amines is 1. The second-order valence-corrected chi connectivity index (χ2v) is 5.14. The number of hydrogen-bond donors (Lipinski definition) is 4. The number of hydrogen-bond acceptors (Lipinski definition) is 4. The minimum atomic E-state index is -0.453. The van der Waals surface area contributed by atoms with Gasteiger partial charge in [0.25, 0.3) is 0 Å². The lowest BCUT2D eigenvalue weighted by molar-refractivity contribution is 0.100. The van der Waals surface area contributed by atoms with Crippen molar-refractivity contribution in [2.24, 2.45) is 11.5 Å². The quantitative estimate of drug-likeness (QED) is 0.576. The molecule has 1 heterocycles. The number of nitrogens with one attached hydrogen (secondary N) is 2. The SMILES string of the molecule is N/C=C\NCc1cccc(-c2n[nH]c3ccc(C(N)=O)cc23)c1. The minimum absolute atomic E-state index is 0.453. The van der Waals surface area contributed by atoms with E-state index in [1.165, 1.54) is 6.20 Å². The molecular weight excluding hydrogens is 290 g/mol. The maximum Gasteiger partial charge on any atom is 0.248 e. The van der Waals surface area contributed by atoms with E-state index in [4.69, 9.17) is 11.5 Å². The van der Waals surface area contributed by atoms with Gasteiger partial charge in [-0.15, -0.1) is 0 Å². The summed E-state index contributed by atoms with van der Waals surface area (Å²) in [6.45, 7) is 0.663. The van der Waals surface area contributed by atoms with Crippen LogP contribution in [0.2, 0.25) is 0 Å². The molecular formula is C17H17N5O. The summed E-state index contributed by atoms with van der Waals surface area (Å²) in [7, 11) is 0. The van der Waals surface area contributed by atoms with Crippen LogP contribution in [0.25, 0.3) is 22.2 Å². The number of rotatable bonds is 5. The third kappa shape index (κ3) is 3.01. The number of benzene rings is 2. The Hall–Kier alpha value is -3.28. The predicted molar refractivity (Wildman–Crippen MR) is 90.2 cm³/mol. The van der Waals surface area contributed by atoms with Gasteiger partial charge in [-0.25, -0.2) is 0 Å². The third-order valence-electron chi connectivity index (χ3n) is 3.57. The Morgan fingerprint density at radius 1 is 1.26 bits per heavy atom. The Kier molecular flexibility index (Phi) is 3.97. The fourth-order valence-corrected chi connectivity index (χ4v) is 2.46. The molecule has 3 aromatic rings. The predicted octanol–water partition coefficient (Wildman–Crippen LogP) is 1.85. The van der Waals surface area contributed by atoms with Gasteiger partial charge < -0.3 is 16.8 Å². The van der Waals surface area contributed by atoms with Gasteiger partial charge in [0, 0.05) is 35.5 Å². The molecule has 23 heavy (non-hydrogen) atoms. The van der Waals surface area contributed by atoms with E-state index in [1.807, 2.05) is 30.3 Å². The molecule has 6 nitrogen and oxygen atoms in total. The molecule has 0 unspecified atom stereocenters. The van der Waals surface area contributed by atoms with Gasteiger partial charge >= 0.3 is 0 Å². The number of nitrogens with zero attached hydrogens (tertiary/aromatic N) is 1. The van der Waals surface area contributed by atoms with Gasteiger partial charge in [0.15, 0.2) is 0 Å². The lowest BCUT2D eigenvalue weighted by Gasteiger charge is -2.04. The van der Waals surface area contributed by atoms with Crippen LogP contribution in [0.15, 0.2) is 54.9 Å². The standard InChI is InChI=1S/C17H17N5O/c18-6-7-20-10-11-2-1-3-12(8-11)16-14-9-13(17(19)23)4-5-15(14)21-22-16/h1-9,20H,10,18H2,(H2,19,23)(H,21,22)/b7-6-. The molecule has 2 aromatic carbocycles. The molecule has 0 aliphatic heterocycles. The third-order valence-corrected chi connectivity index (χ3v) is 3.57. The van der Waals surface area contributed by atoms with Gasteiger partial charge in [0.1, 0.15) is 0 Å². The molecule has 0 spiro atoms. The van der Waals surface area contributed by atoms with Crippen molar-refractivity contribution in [2.45, 2.75) is 6.54 Å². The van der Waals surface area contributed by atoms with Crippen molar-refractivity contribution < 1.29 is 4.79 Å². The van der Waals surface area contributed by atoms with Crippen molar-refractivity contribution in [3.05, 3.63) is 66.0 Å². The van der Waals surface area contributed by atoms with Crippen LogP contribution in [0.1, 0.15) is 15.9 Å². The maximum atomic E-state index is 11.4. The van der Waals surface area contributed by atoms with E-state index >= 15 is 0 Å². The topological polar surface area (TPSA) is 110 Å². The van der Waals surface area contributed by atoms with Crippen LogP contribution < -0.4 is 16.8 Å². The number of primary amides is 1. The summed E-state index contributed by atoms with van der Waals surface area (Å²) in [6, 6.07) is 13.3. The highest BCUT2D eigenvalue weighted by molar-refractivity contribution is 6.00. The largest absolute Gasteiger partial charge is 0.403 e. The molecule has 1 amide bonds. The first-order valence-electron chi connectivity index (χ1n) is 7.16. The highest BCUT2D eigenvalue weighted by Crippen LogP contribution is 2.27. The number of fused-ring (bicyclic) bond motifs is 1. The summed E-state index contributed by atoms with van der Waals surface area (Å²) in [5, 5.41) is 11.3. The highest BCUT2D eigenvalue weighted by Gasteiger charge is 2.11. The van der Waals surface area contributed by atoms with Crippen molar-refractivity contribution in [3.8, 4) is 11.3 Å². The van der Waals surface area contributed by atoms with Crippen LogP contribution in [0.3, 0.4) is 0 Å². The average Bonchev–Trinajstić information content (AvgIpc) is 2.98. The Bertz CT molecular complexity index is 882. The number of carbonyl (C=O) groups excluding carboxylic acids is 1. The monoisotopic (exact) mass is 307 g/mol. The molecule has 0 atom stereocenters. The first kappa shape index (κ1) is 14.6. The zero-order valence-corrected chi connectivity index (χ0v) is 12.4. The van der Waals surface area contributed by atoms with Crippen LogP contribution >= 0.6 is 0 Å². The van der Waals surface area contributed by atoms with Crippen molar-refractivity contribution in [2.75, 3.05) is 0 Å². The number of nitrogens with two attached hydrogens (primary N) is 2. The molecule has 6 N–H and O–H groups in total. The van der Waals surface area contributed by atoms with Crippen LogP contribution in [0, 0.1) is 0 Å². The summed E-state index contributed by atoms with van der Waals surface area (Å²) in [4.78, 5) is 11.4. The highest BCUT2D eigenvalue weighted by atomic mass is 16.1. The van der Waals surface area contributed by atoms with E-state index < -0.39 is 5.91 Å². The number of amides is 1. The molecule has 6 heteroatoms. The van der Waals surface area contributed by atoms with E-state index in [0.717, 1.165) is 27.7 Å². The van der Waals surface area contributed by atoms with Crippen LogP contribution in [-0.4, -0.2) is 16.1 Å². The van der Waals surface area contributed by atoms with Gasteiger partial charge in [-0.3, -0.25) is 9.89 Å². The lowest BCUT2D eigenvalue weighted by atomic mass is 10.0. The number of H-pyrrole nitrogens is 1. The van der Waals surface area contributed by atoms with Gasteiger partial charge in [0.2, 0.25) is 5.91 Å². The zero-order valence-electron chi connectivity index (χ0n) is 12.4. The molecule has 1 aromatic heterocycles. The van der Waals surface area contributed by atoms with E-state index in [2.05, 4.69) is 15.5 Å². The van der Waals surface area contributed by atoms with E-state index in [1.54, 1.807) is 18.3 Å². The van der Waals surface area contributed by atoms with Crippen LogP contribution in [-0.2, 0) is 6.54 Å². The number of aromatic nitrogens is 2. The molecule has 0 radical (unpaired) electrons. The average molecular weight is 307 g/mol. The molecule has 0 saturated heterocycles. The summed E-state index contributed by atoms with van der Waals surface area (Å²) in [6.07, 6.45) is 3.15. The first-order chi connectivity index (χ1) is 11.2. The van der Waals surface area contributed by atoms with Crippen molar-refractivity contribution in [1.29, 1.82) is 0 Å². The van der Waals surface area contributed by atoms with Gasteiger partial charge in [-0.1, -0.05) is 18.2 Å². The second kappa shape index (κ2) is 6.23. The molecule has 116 valence electrons. The van der Waals surface area contributed by atoms with Crippen molar-refractivity contribution in [3.63, 3.8) is 0 Å². The fraction of sp³-hybridized carbons (Fsp3) is 0.0588. The first-order valence-corrected chi connectivity index (χ1v) is 7.16. The molecule has 0 fully saturated rings. The molecule has 0 saturated carbocycles. The minimum Gasteiger partial charge on any atom is -0.403 e. The van der Waals surface area contributed by atoms with Crippen LogP contribution in [0.5, 0.6) is 0 Å².